The standard InChI is InChI=1S/C16H20N2O.ClH/c1-18(16(19)10-5-11-17)12-14-8-4-7-13-6-2-3-9-15(13)14;/h2-4,6-9H,5,10-12,17H2,1H3;1H. The van der Waals surface area contributed by atoms with Gasteiger partial charge in [0, 0.05) is 20.0 Å². The van der Waals surface area contributed by atoms with Gasteiger partial charge in [-0.1, -0.05) is 42.5 Å². The summed E-state index contributed by atoms with van der Waals surface area (Å²) in [4.78, 5) is 13.7. The molecule has 0 saturated heterocycles. The van der Waals surface area contributed by atoms with Gasteiger partial charge in [0.15, 0.2) is 0 Å². The molecule has 2 rings (SSSR count). The first-order chi connectivity index (χ1) is 9.22. The predicted octanol–water partition coefficient (Wildman–Crippen LogP) is 2.96. The first kappa shape index (κ1) is 16.5. The molecule has 0 radical (unpaired) electrons. The Hall–Kier alpha value is -1.58. The number of nitrogens with zero attached hydrogens (tertiary/aromatic N) is 1. The fraction of sp³-hybridized carbons (Fsp3) is 0.312. The lowest BCUT2D eigenvalue weighted by atomic mass is 10.0. The lowest BCUT2D eigenvalue weighted by Crippen LogP contribution is -2.26. The third-order valence-electron chi connectivity index (χ3n) is 3.31. The van der Waals surface area contributed by atoms with E-state index >= 15 is 0 Å². The number of fused-ring (bicyclic) bond motifs is 1. The summed E-state index contributed by atoms with van der Waals surface area (Å²) in [5.41, 5.74) is 6.62. The van der Waals surface area contributed by atoms with Gasteiger partial charge in [0.2, 0.25) is 5.91 Å². The molecule has 0 aliphatic carbocycles. The Morgan fingerprint density at radius 2 is 1.85 bits per heavy atom. The van der Waals surface area contributed by atoms with Crippen LogP contribution in [0.4, 0.5) is 0 Å². The molecule has 0 heterocycles. The van der Waals surface area contributed by atoms with E-state index in [2.05, 4.69) is 24.3 Å². The van der Waals surface area contributed by atoms with Crippen LogP contribution in [0.2, 0.25) is 0 Å². The molecular formula is C16H21ClN2O. The molecule has 0 fully saturated rings. The van der Waals surface area contributed by atoms with E-state index in [1.165, 1.54) is 16.3 Å². The number of benzene rings is 2. The van der Waals surface area contributed by atoms with Gasteiger partial charge in [-0.05, 0) is 29.3 Å². The Morgan fingerprint density at radius 3 is 2.60 bits per heavy atom. The van der Waals surface area contributed by atoms with Crippen LogP contribution >= 0.6 is 12.4 Å². The Kier molecular flexibility index (Phi) is 6.49. The maximum atomic E-state index is 11.9. The van der Waals surface area contributed by atoms with E-state index in [9.17, 15) is 4.79 Å². The van der Waals surface area contributed by atoms with Crippen molar-refractivity contribution in [2.75, 3.05) is 13.6 Å². The van der Waals surface area contributed by atoms with Gasteiger partial charge in [-0.2, -0.15) is 0 Å². The molecule has 0 spiro atoms. The van der Waals surface area contributed by atoms with Crippen LogP contribution in [-0.2, 0) is 11.3 Å². The molecule has 2 aromatic carbocycles. The monoisotopic (exact) mass is 292 g/mol. The van der Waals surface area contributed by atoms with E-state index in [0.29, 0.717) is 19.5 Å². The second-order valence-electron chi connectivity index (χ2n) is 4.78. The summed E-state index contributed by atoms with van der Waals surface area (Å²) in [7, 11) is 1.85. The van der Waals surface area contributed by atoms with Crippen molar-refractivity contribution in [3.63, 3.8) is 0 Å². The minimum absolute atomic E-state index is 0. The van der Waals surface area contributed by atoms with Crippen LogP contribution in [0, 0.1) is 0 Å². The maximum Gasteiger partial charge on any atom is 0.222 e. The third-order valence-corrected chi connectivity index (χ3v) is 3.31. The third kappa shape index (κ3) is 3.95. The Morgan fingerprint density at radius 1 is 1.15 bits per heavy atom. The lowest BCUT2D eigenvalue weighted by Gasteiger charge is -2.18. The van der Waals surface area contributed by atoms with Crippen molar-refractivity contribution in [2.24, 2.45) is 5.73 Å². The fourth-order valence-electron chi connectivity index (χ4n) is 2.22. The molecule has 3 nitrogen and oxygen atoms in total. The first-order valence-corrected chi connectivity index (χ1v) is 6.63. The molecule has 0 saturated carbocycles. The molecule has 2 aromatic rings. The predicted molar refractivity (Wildman–Crippen MR) is 86.0 cm³/mol. The second-order valence-corrected chi connectivity index (χ2v) is 4.78. The van der Waals surface area contributed by atoms with E-state index in [1.807, 2.05) is 25.2 Å². The minimum Gasteiger partial charge on any atom is -0.341 e. The highest BCUT2D eigenvalue weighted by Gasteiger charge is 2.10. The molecule has 0 aliphatic rings. The number of hydrogen-bond acceptors (Lipinski definition) is 2. The number of carbonyl (C=O) groups excluding carboxylic acids is 1. The van der Waals surface area contributed by atoms with Crippen molar-refractivity contribution in [2.45, 2.75) is 19.4 Å². The maximum absolute atomic E-state index is 11.9. The summed E-state index contributed by atoms with van der Waals surface area (Å²) in [5.74, 6) is 0.151. The van der Waals surface area contributed by atoms with Gasteiger partial charge < -0.3 is 10.6 Å². The number of nitrogens with two attached hydrogens (primary N) is 1. The zero-order valence-corrected chi connectivity index (χ0v) is 12.5. The first-order valence-electron chi connectivity index (χ1n) is 6.63. The molecule has 4 heteroatoms. The number of hydrogen-bond donors (Lipinski definition) is 1. The van der Waals surface area contributed by atoms with Crippen LogP contribution in [0.25, 0.3) is 10.8 Å². The largest absolute Gasteiger partial charge is 0.341 e. The molecular weight excluding hydrogens is 272 g/mol. The molecule has 1 amide bonds. The number of rotatable bonds is 5. The van der Waals surface area contributed by atoms with Crippen LogP contribution in [0.15, 0.2) is 42.5 Å². The van der Waals surface area contributed by atoms with Crippen molar-refractivity contribution in [3.05, 3.63) is 48.0 Å². The van der Waals surface area contributed by atoms with E-state index in [0.717, 1.165) is 6.42 Å². The average Bonchev–Trinajstić information content (AvgIpc) is 2.45. The van der Waals surface area contributed by atoms with Gasteiger partial charge in [-0.15, -0.1) is 12.4 Å². The number of carbonyl (C=O) groups is 1. The van der Waals surface area contributed by atoms with Gasteiger partial charge in [0.05, 0.1) is 0 Å². The molecule has 0 unspecified atom stereocenters. The highest BCUT2D eigenvalue weighted by Crippen LogP contribution is 2.19. The van der Waals surface area contributed by atoms with E-state index in [4.69, 9.17) is 5.73 Å². The van der Waals surface area contributed by atoms with Crippen molar-refractivity contribution in [1.82, 2.24) is 4.90 Å². The summed E-state index contributed by atoms with van der Waals surface area (Å²) in [6.07, 6.45) is 1.27. The quantitative estimate of drug-likeness (QED) is 0.921. The SMILES string of the molecule is CN(Cc1cccc2ccccc12)C(=O)CCCN.Cl. The summed E-state index contributed by atoms with van der Waals surface area (Å²) in [5, 5.41) is 2.42. The van der Waals surface area contributed by atoms with Gasteiger partial charge in [0.1, 0.15) is 0 Å². The summed E-state index contributed by atoms with van der Waals surface area (Å²) in [6.45, 7) is 1.21. The van der Waals surface area contributed by atoms with Gasteiger partial charge in [-0.25, -0.2) is 0 Å². The zero-order valence-electron chi connectivity index (χ0n) is 11.7. The molecule has 108 valence electrons. The van der Waals surface area contributed by atoms with Crippen LogP contribution in [0.3, 0.4) is 0 Å². The van der Waals surface area contributed by atoms with Crippen LogP contribution in [0.1, 0.15) is 18.4 Å². The molecule has 0 aliphatic heterocycles. The summed E-state index contributed by atoms with van der Waals surface area (Å²) >= 11 is 0. The second kappa shape index (κ2) is 7.88. The van der Waals surface area contributed by atoms with Crippen molar-refractivity contribution in [3.8, 4) is 0 Å². The molecule has 0 aromatic heterocycles. The van der Waals surface area contributed by atoms with Gasteiger partial charge in [0.25, 0.3) is 0 Å². The summed E-state index contributed by atoms with van der Waals surface area (Å²) < 4.78 is 0. The molecule has 2 N–H and O–H groups in total. The average molecular weight is 293 g/mol. The highest BCUT2D eigenvalue weighted by atomic mass is 35.5. The van der Waals surface area contributed by atoms with E-state index in [1.54, 1.807) is 4.90 Å². The minimum atomic E-state index is 0. The number of halogens is 1. The topological polar surface area (TPSA) is 46.3 Å². The van der Waals surface area contributed by atoms with Crippen molar-refractivity contribution >= 4 is 29.1 Å². The molecule has 20 heavy (non-hydrogen) atoms. The number of amides is 1. The Bertz CT molecular complexity index is 566. The van der Waals surface area contributed by atoms with Gasteiger partial charge in [-0.3, -0.25) is 4.79 Å². The normalized spacial score (nSPS) is 10.1. The van der Waals surface area contributed by atoms with Crippen LogP contribution < -0.4 is 5.73 Å². The lowest BCUT2D eigenvalue weighted by molar-refractivity contribution is -0.130. The van der Waals surface area contributed by atoms with E-state index < -0.39 is 0 Å². The van der Waals surface area contributed by atoms with E-state index in [-0.39, 0.29) is 18.3 Å². The Labute approximate surface area is 126 Å². The Balaban J connectivity index is 0.00000200. The highest BCUT2D eigenvalue weighted by molar-refractivity contribution is 5.86. The summed E-state index contributed by atoms with van der Waals surface area (Å²) in [6, 6.07) is 14.5. The smallest absolute Gasteiger partial charge is 0.222 e. The van der Waals surface area contributed by atoms with Crippen molar-refractivity contribution in [1.29, 1.82) is 0 Å². The van der Waals surface area contributed by atoms with Crippen molar-refractivity contribution < 1.29 is 4.79 Å². The fourth-order valence-corrected chi connectivity index (χ4v) is 2.22. The van der Waals surface area contributed by atoms with Crippen LogP contribution in [-0.4, -0.2) is 24.4 Å². The van der Waals surface area contributed by atoms with Crippen LogP contribution in [0.5, 0.6) is 0 Å². The molecule has 0 atom stereocenters. The zero-order chi connectivity index (χ0) is 13.7. The van der Waals surface area contributed by atoms with Gasteiger partial charge >= 0.3 is 0 Å². The molecule has 0 bridgehead atoms.